The Balaban J connectivity index is 0.000000797. The Morgan fingerprint density at radius 3 is 1.97 bits per heavy atom. The first-order valence-corrected chi connectivity index (χ1v) is 13.0. The van der Waals surface area contributed by atoms with Gasteiger partial charge in [-0.15, -0.1) is 6.58 Å². The maximum atomic E-state index is 11.9. The molecule has 0 bridgehead atoms. The summed E-state index contributed by atoms with van der Waals surface area (Å²) in [5.41, 5.74) is 10.8. The smallest absolute Gasteiger partial charge is 0.159 e. The predicted molar refractivity (Wildman–Crippen MR) is 157 cm³/mol. The minimum absolute atomic E-state index is 0.114. The van der Waals surface area contributed by atoms with Crippen LogP contribution in [0, 0.1) is 13.8 Å². The Morgan fingerprint density at radius 2 is 1.43 bits per heavy atom. The molecule has 4 rings (SSSR count). The van der Waals surface area contributed by atoms with Gasteiger partial charge in [-0.25, -0.2) is 0 Å². The van der Waals surface area contributed by atoms with E-state index in [0.29, 0.717) is 0 Å². The molecular formula is C33H41ClO. The Labute approximate surface area is 218 Å². The molecule has 0 atom stereocenters. The van der Waals surface area contributed by atoms with Crippen LogP contribution in [0.5, 0.6) is 0 Å². The van der Waals surface area contributed by atoms with Gasteiger partial charge in [-0.1, -0.05) is 93.4 Å². The van der Waals surface area contributed by atoms with Crippen molar-refractivity contribution in [3.8, 4) is 0 Å². The zero-order valence-corrected chi connectivity index (χ0v) is 23.5. The number of benzene rings is 3. The van der Waals surface area contributed by atoms with Crippen molar-refractivity contribution in [1.29, 1.82) is 0 Å². The lowest BCUT2D eigenvalue weighted by molar-refractivity contribution is 0.101. The Bertz CT molecular complexity index is 1150. The first-order chi connectivity index (χ1) is 16.8. The Kier molecular flexibility index (Phi) is 13.1. The summed E-state index contributed by atoms with van der Waals surface area (Å²) in [5, 5.41) is 0.765. The molecule has 3 aromatic carbocycles. The largest absolute Gasteiger partial charge is 0.295 e. The van der Waals surface area contributed by atoms with Crippen LogP contribution in [0.4, 0.5) is 0 Å². The van der Waals surface area contributed by atoms with Gasteiger partial charge in [0.15, 0.2) is 5.78 Å². The lowest BCUT2D eigenvalue weighted by Gasteiger charge is -2.26. The third-order valence-electron chi connectivity index (χ3n) is 5.58. The summed E-state index contributed by atoms with van der Waals surface area (Å²) in [6.45, 7) is 19.1. The standard InChI is InChI=1S/C26H23ClO.C3H6.2C2H6/c1-16-4-6-19(7-5-16)26-24-11-8-20(18(3)28)15-21(24)9-12-25(26)23-13-10-22(27)14-17(23)2;1-3-2;2*1-2/h4-8,10-11,13-15H,9,12H2,1-3H3;3H,1H2,2H3;2*1-2H3. The molecule has 0 heterocycles. The van der Waals surface area contributed by atoms with Crippen molar-refractivity contribution in [3.05, 3.63) is 117 Å². The molecule has 0 fully saturated rings. The van der Waals surface area contributed by atoms with E-state index in [2.05, 4.69) is 62.9 Å². The molecule has 186 valence electrons. The number of rotatable bonds is 3. The second-order valence-corrected chi connectivity index (χ2v) is 8.45. The molecule has 0 unspecified atom stereocenters. The van der Waals surface area contributed by atoms with E-state index in [0.717, 1.165) is 23.4 Å². The summed E-state index contributed by atoms with van der Waals surface area (Å²) in [4.78, 5) is 11.9. The fourth-order valence-electron chi connectivity index (χ4n) is 4.10. The zero-order chi connectivity index (χ0) is 26.5. The molecule has 0 N–H and O–H groups in total. The van der Waals surface area contributed by atoms with Crippen LogP contribution < -0.4 is 0 Å². The second kappa shape index (κ2) is 15.2. The van der Waals surface area contributed by atoms with E-state index in [1.165, 1.54) is 44.5 Å². The van der Waals surface area contributed by atoms with Gasteiger partial charge in [0, 0.05) is 10.6 Å². The molecule has 1 nitrogen and oxygen atoms in total. The summed E-state index contributed by atoms with van der Waals surface area (Å²) >= 11 is 6.21. The molecular weight excluding hydrogens is 448 g/mol. The van der Waals surface area contributed by atoms with Crippen LogP contribution in [-0.4, -0.2) is 5.78 Å². The highest BCUT2D eigenvalue weighted by atomic mass is 35.5. The number of halogens is 1. The summed E-state index contributed by atoms with van der Waals surface area (Å²) in [5.74, 6) is 0.114. The predicted octanol–water partition coefficient (Wildman–Crippen LogP) is 10.3. The monoisotopic (exact) mass is 488 g/mol. The number of fused-ring (bicyclic) bond motifs is 1. The van der Waals surface area contributed by atoms with Crippen LogP contribution in [-0.2, 0) is 6.42 Å². The quantitative estimate of drug-likeness (QED) is 0.264. The van der Waals surface area contributed by atoms with Crippen LogP contribution in [0.3, 0.4) is 0 Å². The number of hydrogen-bond acceptors (Lipinski definition) is 1. The van der Waals surface area contributed by atoms with Crippen LogP contribution >= 0.6 is 11.6 Å². The number of aryl methyl sites for hydroxylation is 3. The maximum Gasteiger partial charge on any atom is 0.159 e. The van der Waals surface area contributed by atoms with Crippen molar-refractivity contribution in [3.63, 3.8) is 0 Å². The van der Waals surface area contributed by atoms with Crippen LogP contribution in [0.1, 0.15) is 91.7 Å². The van der Waals surface area contributed by atoms with Crippen molar-refractivity contribution in [2.45, 2.75) is 68.2 Å². The molecule has 0 radical (unpaired) electrons. The summed E-state index contributed by atoms with van der Waals surface area (Å²) < 4.78 is 0. The van der Waals surface area contributed by atoms with Gasteiger partial charge in [-0.05, 0) is 97.7 Å². The Hall–Kier alpha value is -2.90. The van der Waals surface area contributed by atoms with Gasteiger partial charge < -0.3 is 0 Å². The molecule has 1 aliphatic carbocycles. The molecule has 35 heavy (non-hydrogen) atoms. The van der Waals surface area contributed by atoms with E-state index in [-0.39, 0.29) is 5.78 Å². The fraction of sp³-hybridized carbons (Fsp3) is 0.303. The SMILES string of the molecule is C=CC.CC.CC.CC(=O)c1ccc2c(c1)CCC(c1ccc(Cl)cc1C)=C2c1ccc(C)cc1. The minimum Gasteiger partial charge on any atom is -0.295 e. The van der Waals surface area contributed by atoms with Crippen LogP contribution in [0.25, 0.3) is 11.1 Å². The number of ketones is 1. The van der Waals surface area contributed by atoms with E-state index in [1.807, 2.05) is 52.8 Å². The molecule has 0 saturated carbocycles. The molecule has 0 saturated heterocycles. The van der Waals surface area contributed by atoms with E-state index in [4.69, 9.17) is 11.6 Å². The molecule has 1 aliphatic rings. The van der Waals surface area contributed by atoms with Crippen LogP contribution in [0.2, 0.25) is 5.02 Å². The highest BCUT2D eigenvalue weighted by Crippen LogP contribution is 2.42. The third-order valence-corrected chi connectivity index (χ3v) is 5.82. The maximum absolute atomic E-state index is 11.9. The molecule has 3 aromatic rings. The molecule has 0 aliphatic heterocycles. The lowest BCUT2D eigenvalue weighted by Crippen LogP contribution is -2.08. The number of carbonyl (C=O) groups excluding carboxylic acids is 1. The highest BCUT2D eigenvalue weighted by Gasteiger charge is 2.23. The third kappa shape index (κ3) is 7.80. The average molecular weight is 489 g/mol. The van der Waals surface area contributed by atoms with Gasteiger partial charge in [-0.3, -0.25) is 4.79 Å². The van der Waals surface area contributed by atoms with E-state index in [1.54, 1.807) is 13.0 Å². The normalized spacial score (nSPS) is 11.5. The van der Waals surface area contributed by atoms with Gasteiger partial charge in [-0.2, -0.15) is 0 Å². The van der Waals surface area contributed by atoms with Crippen molar-refractivity contribution in [1.82, 2.24) is 0 Å². The summed E-state index contributed by atoms with van der Waals surface area (Å²) in [6, 6.07) is 21.0. The number of hydrogen-bond donors (Lipinski definition) is 0. The van der Waals surface area contributed by atoms with Gasteiger partial charge in [0.1, 0.15) is 0 Å². The molecule has 0 spiro atoms. The summed E-state index contributed by atoms with van der Waals surface area (Å²) in [6.07, 6.45) is 3.63. The van der Waals surface area contributed by atoms with Gasteiger partial charge in [0.2, 0.25) is 0 Å². The van der Waals surface area contributed by atoms with Crippen molar-refractivity contribution in [2.24, 2.45) is 0 Å². The lowest BCUT2D eigenvalue weighted by atomic mass is 9.78. The number of carbonyl (C=O) groups is 1. The van der Waals surface area contributed by atoms with Gasteiger partial charge >= 0.3 is 0 Å². The average Bonchev–Trinajstić information content (AvgIpc) is 2.87. The van der Waals surface area contributed by atoms with E-state index >= 15 is 0 Å². The fourth-order valence-corrected chi connectivity index (χ4v) is 4.32. The van der Waals surface area contributed by atoms with Gasteiger partial charge in [0.25, 0.3) is 0 Å². The van der Waals surface area contributed by atoms with Gasteiger partial charge in [0.05, 0.1) is 0 Å². The van der Waals surface area contributed by atoms with Crippen molar-refractivity contribution in [2.75, 3.05) is 0 Å². The highest BCUT2D eigenvalue weighted by molar-refractivity contribution is 6.30. The van der Waals surface area contributed by atoms with Crippen molar-refractivity contribution < 1.29 is 4.79 Å². The number of Topliss-reactive ketones (excluding diaryl/α,β-unsaturated/α-hetero) is 1. The first kappa shape index (κ1) is 30.1. The zero-order valence-electron chi connectivity index (χ0n) is 22.8. The second-order valence-electron chi connectivity index (χ2n) is 8.02. The minimum atomic E-state index is 0.114. The molecule has 2 heteroatoms. The van der Waals surface area contributed by atoms with E-state index < -0.39 is 0 Å². The summed E-state index contributed by atoms with van der Waals surface area (Å²) in [7, 11) is 0. The molecule has 0 amide bonds. The number of allylic oxidation sites excluding steroid dienone is 2. The van der Waals surface area contributed by atoms with Crippen molar-refractivity contribution >= 4 is 28.5 Å². The van der Waals surface area contributed by atoms with Crippen LogP contribution in [0.15, 0.2) is 73.3 Å². The first-order valence-electron chi connectivity index (χ1n) is 12.6. The van der Waals surface area contributed by atoms with E-state index in [9.17, 15) is 4.79 Å². The molecule has 0 aromatic heterocycles. The Morgan fingerprint density at radius 1 is 0.857 bits per heavy atom. The topological polar surface area (TPSA) is 17.1 Å².